The molecule has 0 unspecified atom stereocenters. The monoisotopic (exact) mass is 276 g/mol. The molecule has 0 saturated carbocycles. The predicted molar refractivity (Wildman–Crippen MR) is 89.9 cm³/mol. The lowest BCUT2D eigenvalue weighted by Gasteiger charge is -2.04. The maximum absolute atomic E-state index is 10.9. The lowest BCUT2D eigenvalue weighted by atomic mass is 10.0. The number of Topliss-reactive ketones (excluding diaryl/α,β-unsaturated/α-hetero) is 1. The molecule has 0 heterocycles. The second-order valence-electron chi connectivity index (χ2n) is 5.87. The van der Waals surface area contributed by atoms with E-state index in [4.69, 9.17) is 0 Å². The Morgan fingerprint density at radius 1 is 0.800 bits per heavy atom. The second kappa shape index (κ2) is 11.7. The summed E-state index contributed by atoms with van der Waals surface area (Å²) in [5.41, 5.74) is 4.38. The molecule has 0 fully saturated rings. The maximum atomic E-state index is 10.9. The van der Waals surface area contributed by atoms with Crippen LogP contribution in [0.5, 0.6) is 0 Å². The summed E-state index contributed by atoms with van der Waals surface area (Å²) < 4.78 is 0. The Bertz CT molecular complexity index is 365. The van der Waals surface area contributed by atoms with E-state index in [0.29, 0.717) is 6.42 Å². The first-order valence-electron chi connectivity index (χ1n) is 7.92. The molecule has 0 aliphatic carbocycles. The highest BCUT2D eigenvalue weighted by Gasteiger charge is 1.96. The van der Waals surface area contributed by atoms with Crippen molar-refractivity contribution in [2.24, 2.45) is 0 Å². The first-order chi connectivity index (χ1) is 9.45. The van der Waals surface area contributed by atoms with Crippen molar-refractivity contribution in [1.29, 1.82) is 0 Å². The molecule has 0 saturated heterocycles. The zero-order valence-electron chi connectivity index (χ0n) is 14.1. The van der Waals surface area contributed by atoms with Gasteiger partial charge in [0.25, 0.3) is 0 Å². The van der Waals surface area contributed by atoms with E-state index < -0.39 is 0 Å². The van der Waals surface area contributed by atoms with E-state index >= 15 is 0 Å². The van der Waals surface area contributed by atoms with Crippen LogP contribution in [0.25, 0.3) is 0 Å². The van der Waals surface area contributed by atoms with Gasteiger partial charge in [0.2, 0.25) is 0 Å². The van der Waals surface area contributed by atoms with Crippen LogP contribution >= 0.6 is 0 Å². The number of rotatable bonds is 10. The van der Waals surface area contributed by atoms with Crippen molar-refractivity contribution in [3.63, 3.8) is 0 Å². The second-order valence-corrected chi connectivity index (χ2v) is 5.87. The van der Waals surface area contributed by atoms with Crippen LogP contribution in [-0.2, 0) is 4.79 Å². The smallest absolute Gasteiger partial charge is 0.130 e. The van der Waals surface area contributed by atoms with Crippen LogP contribution in [0, 0.1) is 0 Å². The summed E-state index contributed by atoms with van der Waals surface area (Å²) in [6.07, 6.45) is 14.2. The first kappa shape index (κ1) is 18.9. The number of hydrogen-bond acceptors (Lipinski definition) is 1. The quantitative estimate of drug-likeness (QED) is 0.436. The number of allylic oxidation sites excluding steroid dienone is 6. The lowest BCUT2D eigenvalue weighted by Crippen LogP contribution is -1.89. The van der Waals surface area contributed by atoms with E-state index in [-0.39, 0.29) is 5.78 Å². The third-order valence-corrected chi connectivity index (χ3v) is 3.43. The van der Waals surface area contributed by atoms with Gasteiger partial charge in [-0.3, -0.25) is 0 Å². The molecule has 0 spiro atoms. The van der Waals surface area contributed by atoms with Gasteiger partial charge in [0.05, 0.1) is 0 Å². The van der Waals surface area contributed by atoms with Crippen molar-refractivity contribution < 1.29 is 4.79 Å². The van der Waals surface area contributed by atoms with Crippen LogP contribution < -0.4 is 0 Å². The molecule has 0 aromatic rings. The minimum atomic E-state index is 0.284. The fraction of sp³-hybridized carbons (Fsp3) is 0.632. The topological polar surface area (TPSA) is 17.1 Å². The van der Waals surface area contributed by atoms with Crippen LogP contribution in [0.2, 0.25) is 0 Å². The molecule has 0 radical (unpaired) electrons. The molecule has 114 valence electrons. The number of hydrogen-bond donors (Lipinski definition) is 0. The molecule has 0 aliphatic heterocycles. The Morgan fingerprint density at radius 2 is 1.40 bits per heavy atom. The normalized spacial score (nSPS) is 12.4. The Balaban J connectivity index is 4.04. The van der Waals surface area contributed by atoms with E-state index in [1.54, 1.807) is 6.92 Å². The van der Waals surface area contributed by atoms with Crippen LogP contribution in [0.4, 0.5) is 0 Å². The molecular weight excluding hydrogens is 244 g/mol. The van der Waals surface area contributed by atoms with Gasteiger partial charge in [0.1, 0.15) is 5.78 Å². The Hall–Kier alpha value is -1.11. The van der Waals surface area contributed by atoms with Gasteiger partial charge in [0.15, 0.2) is 0 Å². The Labute approximate surface area is 125 Å². The van der Waals surface area contributed by atoms with Crippen molar-refractivity contribution in [3.8, 4) is 0 Å². The SMILES string of the molecule is CCC(=CCCC(C)=O)CCC=C(C)CCC=C(C)C. The standard InChI is InChI=1S/C19H32O/c1-6-19(15-9-13-18(5)20)14-8-12-17(4)11-7-10-16(2)3/h10,12,15H,6-9,11,13-14H2,1-5H3. The van der Waals surface area contributed by atoms with E-state index in [9.17, 15) is 4.79 Å². The summed E-state index contributed by atoms with van der Waals surface area (Å²) >= 11 is 0. The van der Waals surface area contributed by atoms with Crippen molar-refractivity contribution in [3.05, 3.63) is 34.9 Å². The third kappa shape index (κ3) is 12.0. The highest BCUT2D eigenvalue weighted by atomic mass is 16.1. The fourth-order valence-corrected chi connectivity index (χ4v) is 2.10. The maximum Gasteiger partial charge on any atom is 0.130 e. The van der Waals surface area contributed by atoms with Gasteiger partial charge in [-0.25, -0.2) is 0 Å². The number of carbonyl (C=O) groups excluding carboxylic acids is 1. The molecule has 20 heavy (non-hydrogen) atoms. The van der Waals surface area contributed by atoms with Gasteiger partial charge in [-0.15, -0.1) is 0 Å². The largest absolute Gasteiger partial charge is 0.300 e. The fourth-order valence-electron chi connectivity index (χ4n) is 2.10. The van der Waals surface area contributed by atoms with Crippen molar-refractivity contribution >= 4 is 5.78 Å². The van der Waals surface area contributed by atoms with Gasteiger partial charge >= 0.3 is 0 Å². The van der Waals surface area contributed by atoms with Gasteiger partial charge in [-0.05, 0) is 66.2 Å². The molecule has 1 nitrogen and oxygen atoms in total. The average molecular weight is 276 g/mol. The highest BCUT2D eigenvalue weighted by molar-refractivity contribution is 5.75. The van der Waals surface area contributed by atoms with E-state index in [0.717, 1.165) is 32.1 Å². The molecular formula is C19H32O. The molecule has 0 rings (SSSR count). The Morgan fingerprint density at radius 3 is 1.95 bits per heavy atom. The summed E-state index contributed by atoms with van der Waals surface area (Å²) in [7, 11) is 0. The molecule has 0 aromatic carbocycles. The molecule has 0 amide bonds. The van der Waals surface area contributed by atoms with E-state index in [2.05, 4.69) is 45.9 Å². The molecule has 0 N–H and O–H groups in total. The van der Waals surface area contributed by atoms with Gasteiger partial charge in [-0.1, -0.05) is 41.9 Å². The first-order valence-corrected chi connectivity index (χ1v) is 7.92. The van der Waals surface area contributed by atoms with Crippen molar-refractivity contribution in [1.82, 2.24) is 0 Å². The summed E-state index contributed by atoms with van der Waals surface area (Å²) in [5, 5.41) is 0. The molecule has 0 atom stereocenters. The Kier molecular flexibility index (Phi) is 11.0. The molecule has 0 bridgehead atoms. The van der Waals surface area contributed by atoms with Crippen LogP contribution in [0.3, 0.4) is 0 Å². The average Bonchev–Trinajstić information content (AvgIpc) is 2.36. The summed E-state index contributed by atoms with van der Waals surface area (Å²) in [6, 6.07) is 0. The van der Waals surface area contributed by atoms with Crippen LogP contribution in [-0.4, -0.2) is 5.78 Å². The lowest BCUT2D eigenvalue weighted by molar-refractivity contribution is -0.116. The van der Waals surface area contributed by atoms with Gasteiger partial charge in [-0.2, -0.15) is 0 Å². The predicted octanol–water partition coefficient (Wildman–Crippen LogP) is 6.16. The van der Waals surface area contributed by atoms with Crippen LogP contribution in [0.1, 0.15) is 79.6 Å². The van der Waals surface area contributed by atoms with E-state index in [1.807, 2.05) is 0 Å². The zero-order chi connectivity index (χ0) is 15.4. The summed E-state index contributed by atoms with van der Waals surface area (Å²) in [4.78, 5) is 10.9. The minimum Gasteiger partial charge on any atom is -0.300 e. The minimum absolute atomic E-state index is 0.284. The highest BCUT2D eigenvalue weighted by Crippen LogP contribution is 2.14. The van der Waals surface area contributed by atoms with E-state index in [1.165, 1.54) is 23.1 Å². The third-order valence-electron chi connectivity index (χ3n) is 3.43. The van der Waals surface area contributed by atoms with Crippen molar-refractivity contribution in [2.45, 2.75) is 79.6 Å². The number of carbonyl (C=O) groups is 1. The molecule has 1 heteroatoms. The zero-order valence-corrected chi connectivity index (χ0v) is 14.1. The van der Waals surface area contributed by atoms with Gasteiger partial charge < -0.3 is 4.79 Å². The van der Waals surface area contributed by atoms with Gasteiger partial charge in [0, 0.05) is 6.42 Å². The van der Waals surface area contributed by atoms with Crippen molar-refractivity contribution in [2.75, 3.05) is 0 Å². The molecule has 0 aromatic heterocycles. The molecule has 0 aliphatic rings. The van der Waals surface area contributed by atoms with Crippen LogP contribution in [0.15, 0.2) is 34.9 Å². The summed E-state index contributed by atoms with van der Waals surface area (Å²) in [5.74, 6) is 0.284. The summed E-state index contributed by atoms with van der Waals surface area (Å²) in [6.45, 7) is 10.4. The number of ketones is 1.